The fourth-order valence-corrected chi connectivity index (χ4v) is 4.88. The largest absolute Gasteiger partial charge is 0.496 e. The molecule has 0 atom stereocenters. The van der Waals surface area contributed by atoms with E-state index in [0.717, 1.165) is 47.9 Å². The van der Waals surface area contributed by atoms with Gasteiger partial charge in [-0.05, 0) is 55.8 Å². The van der Waals surface area contributed by atoms with Gasteiger partial charge in [0.25, 0.3) is 5.91 Å². The normalized spacial score (nSPS) is 20.6. The molecule has 6 heteroatoms. The number of amides is 1. The minimum absolute atomic E-state index is 0.0270. The molecule has 1 aromatic heterocycles. The van der Waals surface area contributed by atoms with E-state index in [1.807, 2.05) is 60.4 Å². The molecule has 2 fully saturated rings. The molecule has 1 aromatic carbocycles. The quantitative estimate of drug-likeness (QED) is 0.643. The molecule has 1 aliphatic carbocycles. The first-order valence-electron chi connectivity index (χ1n) is 10.0. The third-order valence-electron chi connectivity index (χ3n) is 5.29. The maximum Gasteiger partial charge on any atom is 0.267 e. The van der Waals surface area contributed by atoms with Crippen molar-refractivity contribution in [2.24, 2.45) is 4.99 Å². The van der Waals surface area contributed by atoms with Gasteiger partial charge in [0.1, 0.15) is 5.75 Å². The summed E-state index contributed by atoms with van der Waals surface area (Å²) in [6, 6.07) is 13.7. The van der Waals surface area contributed by atoms with Gasteiger partial charge in [0.2, 0.25) is 0 Å². The topological polar surface area (TPSA) is 54.8 Å². The summed E-state index contributed by atoms with van der Waals surface area (Å²) >= 11 is 1.43. The Balaban J connectivity index is 1.72. The fourth-order valence-electron chi connectivity index (χ4n) is 3.84. The molecular weight excluding hydrogens is 382 g/mol. The van der Waals surface area contributed by atoms with Crippen LogP contribution < -0.4 is 4.74 Å². The average molecular weight is 408 g/mol. The van der Waals surface area contributed by atoms with Gasteiger partial charge in [-0.3, -0.25) is 9.69 Å². The van der Waals surface area contributed by atoms with Crippen LogP contribution in [-0.2, 0) is 4.79 Å². The molecule has 4 rings (SSSR count). The average Bonchev–Trinajstić information content (AvgIpc) is 3.03. The predicted molar refractivity (Wildman–Crippen MR) is 118 cm³/mol. The molecule has 0 unspecified atom stereocenters. The van der Waals surface area contributed by atoms with E-state index in [1.165, 1.54) is 18.2 Å². The molecule has 1 saturated heterocycles. The van der Waals surface area contributed by atoms with Crippen LogP contribution in [0.2, 0.25) is 0 Å². The molecule has 1 saturated carbocycles. The number of nitrogens with zero attached hydrogens (tertiary/aromatic N) is 3. The van der Waals surface area contributed by atoms with Crippen LogP contribution in [0.4, 0.5) is 5.82 Å². The highest BCUT2D eigenvalue weighted by Crippen LogP contribution is 2.39. The first-order chi connectivity index (χ1) is 14.2. The van der Waals surface area contributed by atoms with Crippen LogP contribution in [0.15, 0.2) is 52.4 Å². The number of aromatic nitrogens is 1. The number of aryl methyl sites for hydroxylation is 1. The summed E-state index contributed by atoms with van der Waals surface area (Å²) in [5.41, 5.74) is 1.81. The van der Waals surface area contributed by atoms with Crippen molar-refractivity contribution < 1.29 is 9.53 Å². The molecule has 150 valence electrons. The van der Waals surface area contributed by atoms with Gasteiger partial charge < -0.3 is 4.74 Å². The molecule has 29 heavy (non-hydrogen) atoms. The van der Waals surface area contributed by atoms with E-state index in [1.54, 1.807) is 7.11 Å². The maximum absolute atomic E-state index is 13.4. The van der Waals surface area contributed by atoms with Crippen molar-refractivity contribution >= 4 is 34.7 Å². The molecule has 2 aromatic rings. The molecule has 0 spiro atoms. The standard InChI is InChI=1S/C23H25N3O2S/c1-16-9-8-14-21(24-16)25-23-26(18-11-4-3-5-12-18)22(27)20(29-23)15-17-10-6-7-13-19(17)28-2/h6-10,13-15,18H,3-5,11-12H2,1-2H3/b20-15-,25-23+. The van der Waals surface area contributed by atoms with Crippen molar-refractivity contribution in [3.05, 3.63) is 58.6 Å². The van der Waals surface area contributed by atoms with Crippen LogP contribution >= 0.6 is 11.8 Å². The number of amidine groups is 1. The van der Waals surface area contributed by atoms with Crippen molar-refractivity contribution in [2.45, 2.75) is 45.1 Å². The first kappa shape index (κ1) is 19.7. The SMILES string of the molecule is COc1ccccc1/C=C1\S/C(=N/c2cccc(C)n2)N(C2CCCCC2)C1=O. The Kier molecular flexibility index (Phi) is 6.00. The number of pyridine rings is 1. The molecule has 1 amide bonds. The van der Waals surface area contributed by atoms with Crippen molar-refractivity contribution in [3.8, 4) is 5.75 Å². The first-order valence-corrected chi connectivity index (χ1v) is 10.9. The number of aliphatic imine (C=N–C) groups is 1. The zero-order valence-corrected chi connectivity index (χ0v) is 17.6. The van der Waals surface area contributed by atoms with E-state index in [-0.39, 0.29) is 11.9 Å². The number of rotatable bonds is 4. The van der Waals surface area contributed by atoms with Crippen LogP contribution in [0.5, 0.6) is 5.75 Å². The molecule has 2 heterocycles. The number of thioether (sulfide) groups is 1. The second-order valence-corrected chi connectivity index (χ2v) is 8.36. The Morgan fingerprint density at radius 1 is 1.14 bits per heavy atom. The summed E-state index contributed by atoms with van der Waals surface area (Å²) in [6.45, 7) is 1.95. The van der Waals surface area contributed by atoms with Crippen LogP contribution in [0.3, 0.4) is 0 Å². The number of carbonyl (C=O) groups is 1. The van der Waals surface area contributed by atoms with Crippen LogP contribution in [0, 0.1) is 6.92 Å². The fraction of sp³-hybridized carbons (Fsp3) is 0.348. The highest BCUT2D eigenvalue weighted by Gasteiger charge is 2.38. The Morgan fingerprint density at radius 2 is 1.93 bits per heavy atom. The molecule has 0 radical (unpaired) electrons. The summed E-state index contributed by atoms with van der Waals surface area (Å²) in [5, 5.41) is 0.723. The lowest BCUT2D eigenvalue weighted by Gasteiger charge is -2.30. The smallest absolute Gasteiger partial charge is 0.267 e. The molecule has 2 aliphatic rings. The number of methoxy groups -OCH3 is 1. The maximum atomic E-state index is 13.4. The number of hydrogen-bond donors (Lipinski definition) is 0. The van der Waals surface area contributed by atoms with Gasteiger partial charge in [0.05, 0.1) is 12.0 Å². The van der Waals surface area contributed by atoms with E-state index >= 15 is 0 Å². The highest BCUT2D eigenvalue weighted by molar-refractivity contribution is 8.18. The van der Waals surface area contributed by atoms with Crippen molar-refractivity contribution in [1.82, 2.24) is 9.88 Å². The number of carbonyl (C=O) groups excluding carboxylic acids is 1. The molecular formula is C23H25N3O2S. The molecule has 1 aliphatic heterocycles. The zero-order valence-electron chi connectivity index (χ0n) is 16.8. The van der Waals surface area contributed by atoms with E-state index in [2.05, 4.69) is 4.98 Å². The third-order valence-corrected chi connectivity index (χ3v) is 6.27. The van der Waals surface area contributed by atoms with Crippen LogP contribution in [0.25, 0.3) is 6.08 Å². The van der Waals surface area contributed by atoms with Gasteiger partial charge in [-0.2, -0.15) is 0 Å². The Bertz CT molecular complexity index is 964. The van der Waals surface area contributed by atoms with Crippen molar-refractivity contribution in [2.75, 3.05) is 7.11 Å². The van der Waals surface area contributed by atoms with Gasteiger partial charge in [0, 0.05) is 17.3 Å². The van der Waals surface area contributed by atoms with Crippen molar-refractivity contribution in [3.63, 3.8) is 0 Å². The minimum Gasteiger partial charge on any atom is -0.496 e. The summed E-state index contributed by atoms with van der Waals surface area (Å²) in [5.74, 6) is 1.42. The van der Waals surface area contributed by atoms with Gasteiger partial charge in [-0.15, -0.1) is 0 Å². The number of ether oxygens (including phenoxy) is 1. The van der Waals surface area contributed by atoms with E-state index in [9.17, 15) is 4.79 Å². The summed E-state index contributed by atoms with van der Waals surface area (Å²) < 4.78 is 5.45. The van der Waals surface area contributed by atoms with Gasteiger partial charge in [0.15, 0.2) is 11.0 Å². The van der Waals surface area contributed by atoms with Gasteiger partial charge in [-0.1, -0.05) is 43.5 Å². The summed E-state index contributed by atoms with van der Waals surface area (Å²) in [6.07, 6.45) is 7.50. The molecule has 0 bridgehead atoms. The summed E-state index contributed by atoms with van der Waals surface area (Å²) in [4.78, 5) is 25.2. The third kappa shape index (κ3) is 4.37. The number of benzene rings is 1. The summed E-state index contributed by atoms with van der Waals surface area (Å²) in [7, 11) is 1.64. The Labute approximate surface area is 175 Å². The minimum atomic E-state index is 0.0270. The van der Waals surface area contributed by atoms with Crippen LogP contribution in [0.1, 0.15) is 43.4 Å². The lowest BCUT2D eigenvalue weighted by Crippen LogP contribution is -2.40. The lowest BCUT2D eigenvalue weighted by molar-refractivity contribution is -0.124. The Hall–Kier alpha value is -2.60. The molecule has 0 N–H and O–H groups in total. The van der Waals surface area contributed by atoms with Crippen molar-refractivity contribution in [1.29, 1.82) is 0 Å². The number of para-hydroxylation sites is 1. The van der Waals surface area contributed by atoms with Gasteiger partial charge >= 0.3 is 0 Å². The van der Waals surface area contributed by atoms with Gasteiger partial charge in [-0.25, -0.2) is 9.98 Å². The van der Waals surface area contributed by atoms with E-state index in [4.69, 9.17) is 9.73 Å². The van der Waals surface area contributed by atoms with E-state index in [0.29, 0.717) is 10.7 Å². The second-order valence-electron chi connectivity index (χ2n) is 7.35. The highest BCUT2D eigenvalue weighted by atomic mass is 32.2. The monoisotopic (exact) mass is 407 g/mol. The van der Waals surface area contributed by atoms with Crippen LogP contribution in [-0.4, -0.2) is 34.1 Å². The predicted octanol–water partition coefficient (Wildman–Crippen LogP) is 5.34. The number of hydrogen-bond acceptors (Lipinski definition) is 5. The lowest BCUT2D eigenvalue weighted by atomic mass is 9.94. The zero-order chi connectivity index (χ0) is 20.2. The Morgan fingerprint density at radius 3 is 2.69 bits per heavy atom. The van der Waals surface area contributed by atoms with E-state index < -0.39 is 0 Å². The second kappa shape index (κ2) is 8.82. The molecule has 5 nitrogen and oxygen atoms in total.